The Morgan fingerprint density at radius 2 is 1.72 bits per heavy atom. The normalized spacial score (nSPS) is 13.2. The van der Waals surface area contributed by atoms with Crippen molar-refractivity contribution in [3.8, 4) is 11.5 Å². The molecule has 1 heterocycles. The van der Waals surface area contributed by atoms with E-state index in [-0.39, 0.29) is 12.4 Å². The van der Waals surface area contributed by atoms with Crippen molar-refractivity contribution >= 4 is 12.4 Å². The number of rotatable bonds is 7. The van der Waals surface area contributed by atoms with Crippen molar-refractivity contribution in [2.75, 3.05) is 32.8 Å². The molecule has 2 aromatic rings. The average molecular weight is 363 g/mol. The van der Waals surface area contributed by atoms with Crippen LogP contribution in [0, 0.1) is 0 Å². The second kappa shape index (κ2) is 10.3. The molecule has 0 aromatic heterocycles. The number of nitrogens with two attached hydrogens (primary N) is 1. The molecule has 0 fully saturated rings. The van der Waals surface area contributed by atoms with E-state index in [0.717, 1.165) is 50.6 Å². The van der Waals surface area contributed by atoms with Crippen LogP contribution < -0.4 is 15.2 Å². The first-order valence-electron chi connectivity index (χ1n) is 8.70. The van der Waals surface area contributed by atoms with Crippen LogP contribution in [0.25, 0.3) is 0 Å². The molecular formula is C20H27ClN2O2. The third-order valence-electron chi connectivity index (χ3n) is 4.25. The van der Waals surface area contributed by atoms with Gasteiger partial charge in [-0.3, -0.25) is 4.90 Å². The Bertz CT molecular complexity index is 637. The zero-order valence-electron chi connectivity index (χ0n) is 14.5. The summed E-state index contributed by atoms with van der Waals surface area (Å²) >= 11 is 0. The molecule has 136 valence electrons. The Kier molecular flexibility index (Phi) is 8.06. The molecule has 3 rings (SSSR count). The fraction of sp³-hybridized carbons (Fsp3) is 0.400. The van der Waals surface area contributed by atoms with Crippen molar-refractivity contribution < 1.29 is 9.47 Å². The van der Waals surface area contributed by atoms with E-state index in [2.05, 4.69) is 41.3 Å². The molecule has 0 spiro atoms. The van der Waals surface area contributed by atoms with Crippen LogP contribution in [0.2, 0.25) is 0 Å². The maximum absolute atomic E-state index is 5.94. The third-order valence-corrected chi connectivity index (χ3v) is 4.25. The number of halogens is 1. The summed E-state index contributed by atoms with van der Waals surface area (Å²) in [7, 11) is 0. The van der Waals surface area contributed by atoms with E-state index in [4.69, 9.17) is 15.2 Å². The van der Waals surface area contributed by atoms with E-state index >= 15 is 0 Å². The number of hydrogen-bond acceptors (Lipinski definition) is 4. The van der Waals surface area contributed by atoms with Crippen molar-refractivity contribution in [2.45, 2.75) is 19.4 Å². The third kappa shape index (κ3) is 5.63. The van der Waals surface area contributed by atoms with Gasteiger partial charge in [0.05, 0.1) is 13.2 Å². The van der Waals surface area contributed by atoms with Gasteiger partial charge in [0.1, 0.15) is 0 Å². The van der Waals surface area contributed by atoms with Crippen molar-refractivity contribution in [2.24, 2.45) is 5.73 Å². The molecule has 0 atom stereocenters. The Morgan fingerprint density at radius 1 is 0.920 bits per heavy atom. The minimum absolute atomic E-state index is 0. The molecule has 1 aliphatic heterocycles. The first-order valence-corrected chi connectivity index (χ1v) is 8.70. The summed E-state index contributed by atoms with van der Waals surface area (Å²) in [5.74, 6) is 1.76. The average Bonchev–Trinajstić information content (AvgIpc) is 2.87. The molecule has 0 unspecified atom stereocenters. The molecule has 0 amide bonds. The summed E-state index contributed by atoms with van der Waals surface area (Å²) < 4.78 is 11.7. The van der Waals surface area contributed by atoms with Gasteiger partial charge >= 0.3 is 0 Å². The summed E-state index contributed by atoms with van der Waals surface area (Å²) in [5.41, 5.74) is 8.35. The highest BCUT2D eigenvalue weighted by Crippen LogP contribution is 2.33. The first kappa shape index (κ1) is 19.6. The van der Waals surface area contributed by atoms with Crippen LogP contribution in [0.15, 0.2) is 48.5 Å². The zero-order valence-corrected chi connectivity index (χ0v) is 15.3. The van der Waals surface area contributed by atoms with Gasteiger partial charge in [-0.15, -0.1) is 12.4 Å². The molecule has 0 aliphatic carbocycles. The minimum atomic E-state index is 0. The highest BCUT2D eigenvalue weighted by atomic mass is 35.5. The van der Waals surface area contributed by atoms with E-state index in [1.54, 1.807) is 0 Å². The fourth-order valence-corrected chi connectivity index (χ4v) is 3.00. The maximum atomic E-state index is 5.94. The Morgan fingerprint density at radius 3 is 2.52 bits per heavy atom. The van der Waals surface area contributed by atoms with Crippen molar-refractivity contribution in [1.29, 1.82) is 0 Å². The summed E-state index contributed by atoms with van der Waals surface area (Å²) in [6.07, 6.45) is 1.95. The Hall–Kier alpha value is -1.75. The molecule has 1 aliphatic rings. The van der Waals surface area contributed by atoms with Crippen LogP contribution in [0.3, 0.4) is 0 Å². The molecule has 0 saturated heterocycles. The molecule has 2 aromatic carbocycles. The van der Waals surface area contributed by atoms with Gasteiger partial charge in [-0.25, -0.2) is 0 Å². The molecule has 25 heavy (non-hydrogen) atoms. The fourth-order valence-electron chi connectivity index (χ4n) is 3.00. The van der Waals surface area contributed by atoms with Gasteiger partial charge in [0.2, 0.25) is 0 Å². The Balaban J connectivity index is 0.00000225. The number of ether oxygens (including phenoxy) is 2. The van der Waals surface area contributed by atoms with Gasteiger partial charge in [-0.2, -0.15) is 0 Å². The van der Waals surface area contributed by atoms with Crippen LogP contribution in [0.5, 0.6) is 11.5 Å². The van der Waals surface area contributed by atoms with Crippen molar-refractivity contribution in [1.82, 2.24) is 4.90 Å². The number of fused-ring (bicyclic) bond motifs is 1. The molecule has 4 nitrogen and oxygen atoms in total. The number of benzene rings is 2. The number of nitrogens with zero attached hydrogens (tertiary/aromatic N) is 1. The second-order valence-corrected chi connectivity index (χ2v) is 6.10. The van der Waals surface area contributed by atoms with Crippen LogP contribution in [-0.2, 0) is 13.0 Å². The van der Waals surface area contributed by atoms with E-state index < -0.39 is 0 Å². The topological polar surface area (TPSA) is 47.7 Å². The summed E-state index contributed by atoms with van der Waals surface area (Å²) in [5, 5.41) is 0. The van der Waals surface area contributed by atoms with Gasteiger partial charge in [0.25, 0.3) is 0 Å². The van der Waals surface area contributed by atoms with Crippen LogP contribution in [0.4, 0.5) is 0 Å². The van der Waals surface area contributed by atoms with Crippen molar-refractivity contribution in [3.05, 3.63) is 59.7 Å². The maximum Gasteiger partial charge on any atom is 0.165 e. The lowest BCUT2D eigenvalue weighted by Gasteiger charge is -2.23. The van der Waals surface area contributed by atoms with Gasteiger partial charge in [-0.1, -0.05) is 42.5 Å². The van der Waals surface area contributed by atoms with E-state index in [0.29, 0.717) is 13.2 Å². The second-order valence-electron chi connectivity index (χ2n) is 6.10. The van der Waals surface area contributed by atoms with Crippen LogP contribution in [0.1, 0.15) is 17.5 Å². The zero-order chi connectivity index (χ0) is 16.6. The van der Waals surface area contributed by atoms with Gasteiger partial charge in [-0.05, 0) is 18.1 Å². The van der Waals surface area contributed by atoms with E-state index in [1.165, 1.54) is 11.1 Å². The summed E-state index contributed by atoms with van der Waals surface area (Å²) in [6.45, 7) is 4.77. The van der Waals surface area contributed by atoms with Gasteiger partial charge in [0, 0.05) is 38.2 Å². The molecule has 5 heteroatoms. The largest absolute Gasteiger partial charge is 0.490 e. The standard InChI is InChI=1S/C20H26N2O2.ClH/c21-11-13-22(12-10-17-6-2-1-3-7-17)16-18-8-4-9-19-20(18)24-15-5-14-23-19;/h1-4,6-9H,5,10-16,21H2;1H. The number of hydrogen-bond donors (Lipinski definition) is 1. The van der Waals surface area contributed by atoms with Crippen LogP contribution >= 0.6 is 12.4 Å². The van der Waals surface area contributed by atoms with E-state index in [9.17, 15) is 0 Å². The molecule has 0 bridgehead atoms. The summed E-state index contributed by atoms with van der Waals surface area (Å²) in [6, 6.07) is 16.7. The predicted octanol–water partition coefficient (Wildman–Crippen LogP) is 3.27. The highest BCUT2D eigenvalue weighted by molar-refractivity contribution is 5.85. The molecular weight excluding hydrogens is 336 g/mol. The minimum Gasteiger partial charge on any atom is -0.490 e. The van der Waals surface area contributed by atoms with Crippen molar-refractivity contribution in [3.63, 3.8) is 0 Å². The monoisotopic (exact) mass is 362 g/mol. The van der Waals surface area contributed by atoms with E-state index in [1.807, 2.05) is 12.1 Å². The highest BCUT2D eigenvalue weighted by Gasteiger charge is 2.16. The lowest BCUT2D eigenvalue weighted by Crippen LogP contribution is -2.31. The molecule has 2 N–H and O–H groups in total. The van der Waals surface area contributed by atoms with Crippen LogP contribution in [-0.4, -0.2) is 37.7 Å². The summed E-state index contributed by atoms with van der Waals surface area (Å²) in [4.78, 5) is 2.39. The predicted molar refractivity (Wildman–Crippen MR) is 104 cm³/mol. The first-order chi connectivity index (χ1) is 11.9. The molecule has 0 saturated carbocycles. The quantitative estimate of drug-likeness (QED) is 0.821. The SMILES string of the molecule is Cl.NCCN(CCc1ccccc1)Cc1cccc2c1OCCCO2. The smallest absolute Gasteiger partial charge is 0.165 e. The Labute approximate surface area is 156 Å². The van der Waals surface area contributed by atoms with Gasteiger partial charge < -0.3 is 15.2 Å². The molecule has 0 radical (unpaired) electrons. The number of para-hydroxylation sites is 1. The lowest BCUT2D eigenvalue weighted by molar-refractivity contribution is 0.264. The lowest BCUT2D eigenvalue weighted by atomic mass is 10.1. The van der Waals surface area contributed by atoms with Gasteiger partial charge in [0.15, 0.2) is 11.5 Å².